The molecule has 1 atom stereocenters. The van der Waals surface area contributed by atoms with Gasteiger partial charge in [-0.2, -0.15) is 0 Å². The van der Waals surface area contributed by atoms with E-state index >= 15 is 0 Å². The molecule has 0 N–H and O–H groups in total. The van der Waals surface area contributed by atoms with Crippen LogP contribution in [0.2, 0.25) is 0 Å². The van der Waals surface area contributed by atoms with Crippen LogP contribution in [0.15, 0.2) is 233 Å². The minimum absolute atomic E-state index is 0.572. The van der Waals surface area contributed by atoms with Crippen LogP contribution in [-0.2, 0) is 5.41 Å². The molecular formula is C59H36N2OS. The van der Waals surface area contributed by atoms with Gasteiger partial charge in [-0.25, -0.2) is 0 Å². The van der Waals surface area contributed by atoms with Gasteiger partial charge < -0.3 is 13.9 Å². The van der Waals surface area contributed by atoms with Crippen LogP contribution in [0.3, 0.4) is 0 Å². The maximum atomic E-state index is 6.40. The van der Waals surface area contributed by atoms with Crippen molar-refractivity contribution < 1.29 is 4.42 Å². The molecule has 294 valence electrons. The van der Waals surface area contributed by atoms with Gasteiger partial charge in [0, 0.05) is 54.1 Å². The Hall–Kier alpha value is -7.79. The number of anilines is 3. The summed E-state index contributed by atoms with van der Waals surface area (Å²) in [6.07, 6.45) is 0. The van der Waals surface area contributed by atoms with Crippen molar-refractivity contribution in [3.8, 4) is 16.8 Å². The Morgan fingerprint density at radius 3 is 1.95 bits per heavy atom. The van der Waals surface area contributed by atoms with Crippen LogP contribution in [0.1, 0.15) is 22.3 Å². The van der Waals surface area contributed by atoms with E-state index in [0.717, 1.165) is 50.2 Å². The molecule has 0 fully saturated rings. The van der Waals surface area contributed by atoms with E-state index in [1.807, 2.05) is 17.8 Å². The van der Waals surface area contributed by atoms with Gasteiger partial charge in [0.05, 0.1) is 16.4 Å². The zero-order valence-electron chi connectivity index (χ0n) is 34.0. The minimum Gasteiger partial charge on any atom is -0.456 e. The molecule has 0 saturated heterocycles. The highest BCUT2D eigenvalue weighted by molar-refractivity contribution is 7.99. The molecule has 63 heavy (non-hydrogen) atoms. The van der Waals surface area contributed by atoms with Gasteiger partial charge >= 0.3 is 0 Å². The van der Waals surface area contributed by atoms with Gasteiger partial charge in [0.15, 0.2) is 0 Å². The molecule has 0 bridgehead atoms. The lowest BCUT2D eigenvalue weighted by molar-refractivity contribution is 0.669. The predicted molar refractivity (Wildman–Crippen MR) is 262 cm³/mol. The highest BCUT2D eigenvalue weighted by Gasteiger charge is 2.48. The third kappa shape index (κ3) is 4.81. The molecule has 0 saturated carbocycles. The highest BCUT2D eigenvalue weighted by Crippen LogP contribution is 2.62. The first-order valence-electron chi connectivity index (χ1n) is 21.6. The lowest BCUT2D eigenvalue weighted by Gasteiger charge is -2.46. The van der Waals surface area contributed by atoms with Crippen molar-refractivity contribution in [3.05, 3.63) is 241 Å². The Labute approximate surface area is 368 Å². The first-order chi connectivity index (χ1) is 31.2. The molecule has 1 aliphatic heterocycles. The zero-order chi connectivity index (χ0) is 41.2. The molecular weight excluding hydrogens is 785 g/mol. The topological polar surface area (TPSA) is 21.3 Å². The number of fused-ring (bicyclic) bond motifs is 14. The first-order valence-corrected chi connectivity index (χ1v) is 22.4. The minimum atomic E-state index is -0.572. The number of furan rings is 1. The van der Waals surface area contributed by atoms with Crippen LogP contribution in [0.25, 0.3) is 71.3 Å². The average molecular weight is 821 g/mol. The molecule has 1 spiro atoms. The van der Waals surface area contributed by atoms with Crippen LogP contribution in [0.4, 0.5) is 17.1 Å². The van der Waals surface area contributed by atoms with E-state index in [0.29, 0.717) is 0 Å². The molecule has 2 aliphatic rings. The number of hydrogen-bond donors (Lipinski definition) is 0. The summed E-state index contributed by atoms with van der Waals surface area (Å²) in [5.41, 5.74) is 15.7. The fraction of sp³-hybridized carbons (Fsp3) is 0.0169. The Morgan fingerprint density at radius 1 is 0.397 bits per heavy atom. The SMILES string of the molecule is c1ccc(-n2c3ccccc3c3ccc(N(c4ccc5c(c4)C4(c6ccccc6S5)c5ccccc5-c5cccc6cccc4c56)c4ccc5oc6ccccc6c5c4)cc32)cc1. The van der Waals surface area contributed by atoms with Crippen molar-refractivity contribution in [1.82, 2.24) is 4.57 Å². The van der Waals surface area contributed by atoms with Crippen molar-refractivity contribution in [2.24, 2.45) is 0 Å². The van der Waals surface area contributed by atoms with Crippen molar-refractivity contribution in [3.63, 3.8) is 0 Å². The van der Waals surface area contributed by atoms with Crippen molar-refractivity contribution in [2.45, 2.75) is 15.2 Å². The summed E-state index contributed by atoms with van der Waals surface area (Å²) >= 11 is 1.88. The van der Waals surface area contributed by atoms with E-state index in [2.05, 4.69) is 222 Å². The second-order valence-corrected chi connectivity index (χ2v) is 17.9. The zero-order valence-corrected chi connectivity index (χ0v) is 34.8. The Kier molecular flexibility index (Phi) is 7.26. The Morgan fingerprint density at radius 2 is 1.03 bits per heavy atom. The molecule has 2 aromatic heterocycles. The quantitative estimate of drug-likeness (QED) is 0.176. The summed E-state index contributed by atoms with van der Waals surface area (Å²) in [6, 6.07) is 80.6. The predicted octanol–water partition coefficient (Wildman–Crippen LogP) is 16.1. The average Bonchev–Trinajstić information content (AvgIpc) is 3.88. The third-order valence-electron chi connectivity index (χ3n) is 13.6. The van der Waals surface area contributed by atoms with Crippen molar-refractivity contribution >= 4 is 83.3 Å². The lowest BCUT2D eigenvalue weighted by Crippen LogP contribution is -2.36. The normalized spacial score (nSPS) is 15.0. The fourth-order valence-electron chi connectivity index (χ4n) is 11.1. The molecule has 4 heteroatoms. The van der Waals surface area contributed by atoms with Gasteiger partial charge in [0.2, 0.25) is 0 Å². The molecule has 10 aromatic carbocycles. The van der Waals surface area contributed by atoms with E-state index in [9.17, 15) is 0 Å². The summed E-state index contributed by atoms with van der Waals surface area (Å²) in [7, 11) is 0. The first kappa shape index (κ1) is 34.9. The van der Waals surface area contributed by atoms with Gasteiger partial charge in [0.1, 0.15) is 11.2 Å². The number of aromatic nitrogens is 1. The van der Waals surface area contributed by atoms with Gasteiger partial charge in [-0.3, -0.25) is 0 Å². The Bertz CT molecular complexity index is 3860. The third-order valence-corrected chi connectivity index (χ3v) is 14.8. The number of benzene rings is 10. The highest BCUT2D eigenvalue weighted by atomic mass is 32.2. The molecule has 3 heterocycles. The second-order valence-electron chi connectivity index (χ2n) is 16.8. The lowest BCUT2D eigenvalue weighted by atomic mass is 9.59. The Balaban J connectivity index is 1.08. The van der Waals surface area contributed by atoms with Crippen LogP contribution in [0.5, 0.6) is 0 Å². The number of rotatable bonds is 4. The molecule has 1 unspecified atom stereocenters. The van der Waals surface area contributed by atoms with Gasteiger partial charge in [-0.1, -0.05) is 151 Å². The molecule has 1 aliphatic carbocycles. The monoisotopic (exact) mass is 820 g/mol. The standard InChI is InChI=1S/C59H36N2OS/c1-2-16-38(17-3-1)61-52-25-9-5-19-43(52)44-31-28-41(36-53(44)61)60(39-29-32-55-47(34-39)45-20-6-10-26-54(45)62-55)40-30-33-57-51(35-40)59(49-23-8-11-27-56(49)63-57)48-22-7-4-18-42(48)46-21-12-14-37-15-13-24-50(59)58(37)46/h1-36H. The molecule has 14 rings (SSSR count). The van der Waals surface area contributed by atoms with E-state index in [1.165, 1.54) is 70.2 Å². The second kappa shape index (κ2) is 13.1. The number of para-hydroxylation sites is 3. The molecule has 0 amide bonds. The van der Waals surface area contributed by atoms with Gasteiger partial charge in [0.25, 0.3) is 0 Å². The fourth-order valence-corrected chi connectivity index (χ4v) is 12.2. The van der Waals surface area contributed by atoms with Crippen LogP contribution >= 0.6 is 11.8 Å². The smallest absolute Gasteiger partial charge is 0.135 e. The maximum absolute atomic E-state index is 6.40. The van der Waals surface area contributed by atoms with E-state index in [4.69, 9.17) is 4.42 Å². The summed E-state index contributed by atoms with van der Waals surface area (Å²) in [6.45, 7) is 0. The number of nitrogens with zero attached hydrogens (tertiary/aromatic N) is 2. The summed E-state index contributed by atoms with van der Waals surface area (Å²) < 4.78 is 8.81. The summed E-state index contributed by atoms with van der Waals surface area (Å²) in [5.74, 6) is 0. The van der Waals surface area contributed by atoms with E-state index in [-0.39, 0.29) is 0 Å². The van der Waals surface area contributed by atoms with Crippen LogP contribution in [0, 0.1) is 0 Å². The summed E-state index contributed by atoms with van der Waals surface area (Å²) in [5, 5.41) is 7.24. The summed E-state index contributed by atoms with van der Waals surface area (Å²) in [4.78, 5) is 5.01. The van der Waals surface area contributed by atoms with Crippen LogP contribution in [-0.4, -0.2) is 4.57 Å². The largest absolute Gasteiger partial charge is 0.456 e. The van der Waals surface area contributed by atoms with Gasteiger partial charge in [-0.15, -0.1) is 0 Å². The van der Waals surface area contributed by atoms with E-state index in [1.54, 1.807) is 0 Å². The number of hydrogen-bond acceptors (Lipinski definition) is 3. The molecule has 0 radical (unpaired) electrons. The maximum Gasteiger partial charge on any atom is 0.135 e. The van der Waals surface area contributed by atoms with Gasteiger partial charge in [-0.05, 0) is 123 Å². The van der Waals surface area contributed by atoms with E-state index < -0.39 is 5.41 Å². The van der Waals surface area contributed by atoms with Crippen molar-refractivity contribution in [1.29, 1.82) is 0 Å². The van der Waals surface area contributed by atoms with Crippen molar-refractivity contribution in [2.75, 3.05) is 4.90 Å². The van der Waals surface area contributed by atoms with Crippen LogP contribution < -0.4 is 4.90 Å². The molecule has 12 aromatic rings. The molecule has 3 nitrogen and oxygen atoms in total.